The lowest BCUT2D eigenvalue weighted by molar-refractivity contribution is -0.596. The van der Waals surface area contributed by atoms with Gasteiger partial charge in [-0.15, -0.1) is 10.1 Å². The van der Waals surface area contributed by atoms with Crippen molar-refractivity contribution in [1.29, 1.82) is 0 Å². The molecule has 4 rings (SSSR count). The summed E-state index contributed by atoms with van der Waals surface area (Å²) in [5, 5.41) is 3.98. The van der Waals surface area contributed by atoms with E-state index < -0.39 is 12.1 Å². The number of hydrogen-bond acceptors (Lipinski definition) is 2. The lowest BCUT2D eigenvalue weighted by Gasteiger charge is -2.15. The highest BCUT2D eigenvalue weighted by Crippen LogP contribution is 2.27. The van der Waals surface area contributed by atoms with Gasteiger partial charge in [-0.25, -0.2) is 0 Å². The summed E-state index contributed by atoms with van der Waals surface area (Å²) in [6.45, 7) is 0. The Bertz CT molecular complexity index is 1150. The predicted molar refractivity (Wildman–Crippen MR) is 125 cm³/mol. The van der Waals surface area contributed by atoms with Crippen molar-refractivity contribution < 1.29 is 14.3 Å². The Labute approximate surface area is 197 Å². The molecule has 1 heterocycles. The van der Waals surface area contributed by atoms with E-state index in [9.17, 15) is 9.59 Å². The smallest absolute Gasteiger partial charge is 0.304 e. The zero-order valence-electron chi connectivity index (χ0n) is 16.1. The van der Waals surface area contributed by atoms with Crippen LogP contribution in [0.15, 0.2) is 77.3 Å². The number of hydrogen-bond donors (Lipinski definition) is 2. The first kappa shape index (κ1) is 21.6. The first-order chi connectivity index (χ1) is 14.9. The van der Waals surface area contributed by atoms with E-state index in [1.54, 1.807) is 41.1 Å². The van der Waals surface area contributed by atoms with Crippen molar-refractivity contribution in [3.05, 3.63) is 104 Å². The van der Waals surface area contributed by atoms with Crippen LogP contribution >= 0.6 is 39.1 Å². The molecular weight excluding hydrogens is 501 g/mol. The van der Waals surface area contributed by atoms with Crippen molar-refractivity contribution in [2.24, 2.45) is 0 Å². The van der Waals surface area contributed by atoms with E-state index in [0.29, 0.717) is 15.6 Å². The van der Waals surface area contributed by atoms with Gasteiger partial charge in [0.2, 0.25) is 12.3 Å². The minimum Gasteiger partial charge on any atom is -0.334 e. The zero-order valence-corrected chi connectivity index (χ0v) is 19.2. The van der Waals surface area contributed by atoms with E-state index in [4.69, 9.17) is 23.2 Å². The Kier molecular flexibility index (Phi) is 6.41. The third-order valence-electron chi connectivity index (χ3n) is 4.90. The quantitative estimate of drug-likeness (QED) is 0.489. The van der Waals surface area contributed by atoms with Gasteiger partial charge in [0.1, 0.15) is 0 Å². The van der Waals surface area contributed by atoms with Crippen LogP contribution in [0, 0.1) is 0 Å². The van der Waals surface area contributed by atoms with E-state index >= 15 is 0 Å². The predicted octanol–water partition coefficient (Wildman–Crippen LogP) is 4.77. The molecule has 0 bridgehead atoms. The summed E-state index contributed by atoms with van der Waals surface area (Å²) in [7, 11) is 0. The molecule has 0 aliphatic carbocycles. The summed E-state index contributed by atoms with van der Waals surface area (Å²) >= 11 is 15.4. The fourth-order valence-corrected chi connectivity index (χ4v) is 3.89. The van der Waals surface area contributed by atoms with Gasteiger partial charge in [0.05, 0.1) is 0 Å². The van der Waals surface area contributed by atoms with Gasteiger partial charge in [-0.2, -0.15) is 0 Å². The molecular formula is C23H17BrCl2N3O2+. The van der Waals surface area contributed by atoms with E-state index in [2.05, 4.69) is 26.7 Å². The lowest BCUT2D eigenvalue weighted by atomic mass is 10.00. The second kappa shape index (κ2) is 9.22. The standard InChI is InChI=1S/C23H16BrCl2N3O2/c24-17-7-1-14(2-8-17)13-29-21(15-3-9-18(25)10-4-15)20(23(31)28-29)27-22(30)16-5-11-19(26)12-6-16/h1-13,20-21H,(H-,27,28,30,31)/p+1/b29-13-/t20-,21+/m1/s1. The first-order valence-corrected chi connectivity index (χ1v) is 11.0. The second-order valence-electron chi connectivity index (χ2n) is 7.02. The normalized spacial score (nSPS) is 19.3. The number of benzene rings is 3. The number of carbonyl (C=O) groups is 2. The van der Waals surface area contributed by atoms with E-state index in [0.717, 1.165) is 15.6 Å². The summed E-state index contributed by atoms with van der Waals surface area (Å²) in [5.74, 6) is -0.670. The molecule has 3 aromatic rings. The number of nitrogens with zero attached hydrogens (tertiary/aromatic N) is 1. The maximum Gasteiger partial charge on any atom is 0.304 e. The maximum atomic E-state index is 12.9. The number of rotatable bonds is 4. The van der Waals surface area contributed by atoms with Crippen LogP contribution < -0.4 is 10.7 Å². The van der Waals surface area contributed by atoms with Crippen LogP contribution in [0.5, 0.6) is 0 Å². The molecule has 1 fully saturated rings. The van der Waals surface area contributed by atoms with Crippen LogP contribution in [0.4, 0.5) is 0 Å². The molecule has 2 amide bonds. The maximum absolute atomic E-state index is 12.9. The summed E-state index contributed by atoms with van der Waals surface area (Å²) in [6.07, 6.45) is 1.83. The molecule has 0 unspecified atom stereocenters. The van der Waals surface area contributed by atoms with Gasteiger partial charge >= 0.3 is 5.91 Å². The third kappa shape index (κ3) is 4.98. The van der Waals surface area contributed by atoms with Crippen molar-refractivity contribution in [2.75, 3.05) is 0 Å². The SMILES string of the molecule is O=C(N[C@H]1C(=O)N/[N+](=C\c2ccc(Br)cc2)[C@H]1c1ccc(Cl)cc1)c1ccc(Cl)cc1. The molecule has 8 heteroatoms. The molecule has 0 saturated carbocycles. The van der Waals surface area contributed by atoms with Crippen LogP contribution in [0.25, 0.3) is 0 Å². The van der Waals surface area contributed by atoms with Gasteiger partial charge < -0.3 is 5.32 Å². The molecule has 1 aliphatic heterocycles. The van der Waals surface area contributed by atoms with Gasteiger partial charge in [-0.3, -0.25) is 9.59 Å². The first-order valence-electron chi connectivity index (χ1n) is 9.42. The van der Waals surface area contributed by atoms with Crippen LogP contribution in [-0.4, -0.2) is 28.8 Å². The molecule has 0 spiro atoms. The summed E-state index contributed by atoms with van der Waals surface area (Å²) in [5.41, 5.74) is 5.00. The second-order valence-corrected chi connectivity index (χ2v) is 8.81. The minimum atomic E-state index is -0.809. The van der Waals surface area contributed by atoms with Crippen LogP contribution in [0.2, 0.25) is 10.0 Å². The van der Waals surface area contributed by atoms with Gasteiger partial charge in [-0.1, -0.05) is 51.3 Å². The number of hydrazone groups is 1. The molecule has 2 N–H and O–H groups in total. The van der Waals surface area contributed by atoms with Gasteiger partial charge in [-0.05, 0) is 60.7 Å². The highest BCUT2D eigenvalue weighted by Gasteiger charge is 2.47. The van der Waals surface area contributed by atoms with E-state index in [1.807, 2.05) is 42.6 Å². The van der Waals surface area contributed by atoms with Crippen molar-refractivity contribution in [2.45, 2.75) is 12.1 Å². The van der Waals surface area contributed by atoms with Gasteiger partial charge in [0, 0.05) is 31.2 Å². The number of nitrogens with one attached hydrogen (secondary N) is 2. The Balaban J connectivity index is 1.69. The average Bonchev–Trinajstić information content (AvgIpc) is 3.05. The van der Waals surface area contributed by atoms with Crippen molar-refractivity contribution >= 4 is 57.2 Å². The van der Waals surface area contributed by atoms with Gasteiger partial charge in [0.15, 0.2) is 6.04 Å². The highest BCUT2D eigenvalue weighted by atomic mass is 79.9. The number of amides is 2. The largest absolute Gasteiger partial charge is 0.334 e. The fraction of sp³-hybridized carbons (Fsp3) is 0.0870. The monoisotopic (exact) mass is 516 g/mol. The van der Waals surface area contributed by atoms with E-state index in [1.165, 1.54) is 0 Å². The Morgan fingerprint density at radius 2 is 1.52 bits per heavy atom. The number of carbonyl (C=O) groups excluding carboxylic acids is 2. The van der Waals surface area contributed by atoms with Gasteiger partial charge in [0.25, 0.3) is 5.91 Å². The van der Waals surface area contributed by atoms with Crippen LogP contribution in [0.1, 0.15) is 27.5 Å². The van der Waals surface area contributed by atoms with E-state index in [-0.39, 0.29) is 11.8 Å². The Hall–Kier alpha value is -2.67. The molecule has 0 radical (unpaired) electrons. The number of hydrazine groups is 1. The summed E-state index contributed by atoms with van der Waals surface area (Å²) < 4.78 is 2.67. The zero-order chi connectivity index (χ0) is 22.0. The van der Waals surface area contributed by atoms with Crippen molar-refractivity contribution in [1.82, 2.24) is 10.7 Å². The fourth-order valence-electron chi connectivity index (χ4n) is 3.38. The molecule has 0 aromatic heterocycles. The molecule has 1 aliphatic rings. The van der Waals surface area contributed by atoms with Crippen LogP contribution in [-0.2, 0) is 4.79 Å². The van der Waals surface area contributed by atoms with Crippen molar-refractivity contribution in [3.8, 4) is 0 Å². The topological polar surface area (TPSA) is 61.2 Å². The average molecular weight is 518 g/mol. The Morgan fingerprint density at radius 3 is 2.13 bits per heavy atom. The highest BCUT2D eigenvalue weighted by molar-refractivity contribution is 9.10. The molecule has 31 heavy (non-hydrogen) atoms. The Morgan fingerprint density at radius 1 is 0.935 bits per heavy atom. The molecule has 3 aromatic carbocycles. The van der Waals surface area contributed by atoms with Crippen LogP contribution in [0.3, 0.4) is 0 Å². The molecule has 2 atom stereocenters. The summed E-state index contributed by atoms with van der Waals surface area (Å²) in [4.78, 5) is 25.7. The lowest BCUT2D eigenvalue weighted by Crippen LogP contribution is -2.42. The molecule has 156 valence electrons. The number of halogens is 3. The minimum absolute atomic E-state index is 0.310. The molecule has 1 saturated heterocycles. The summed E-state index contributed by atoms with van der Waals surface area (Å²) in [6, 6.07) is 20.1. The molecule has 5 nitrogen and oxygen atoms in total. The third-order valence-corrected chi connectivity index (χ3v) is 5.93. The van der Waals surface area contributed by atoms with Crippen molar-refractivity contribution in [3.63, 3.8) is 0 Å².